The lowest BCUT2D eigenvalue weighted by atomic mass is 10.1. The number of carbonyl (C=O) groups excluding carboxylic acids is 1. The molecule has 0 aromatic heterocycles. The number of aliphatic hydroxyl groups is 1. The second-order valence-electron chi connectivity index (χ2n) is 4.84. The molecule has 20 heavy (non-hydrogen) atoms. The quantitative estimate of drug-likeness (QED) is 0.718. The van der Waals surface area contributed by atoms with E-state index in [0.29, 0.717) is 0 Å². The second-order valence-corrected chi connectivity index (χ2v) is 4.84. The predicted octanol–water partition coefficient (Wildman–Crippen LogP) is -0.0556. The van der Waals surface area contributed by atoms with Crippen molar-refractivity contribution >= 4 is 11.9 Å². The van der Waals surface area contributed by atoms with Crippen molar-refractivity contribution in [2.24, 2.45) is 5.73 Å². The fourth-order valence-corrected chi connectivity index (χ4v) is 2.38. The molecule has 2 unspecified atom stereocenters. The Labute approximate surface area is 114 Å². The van der Waals surface area contributed by atoms with Gasteiger partial charge in [0.15, 0.2) is 0 Å². The van der Waals surface area contributed by atoms with Crippen LogP contribution in [0.25, 0.3) is 0 Å². The molecule has 0 aliphatic carbocycles. The Bertz CT molecular complexity index is 549. The van der Waals surface area contributed by atoms with Gasteiger partial charge in [-0.15, -0.1) is 0 Å². The maximum Gasteiger partial charge on any atom is 0.321 e. The number of primary amides is 1. The maximum atomic E-state index is 13.7. The number of halogens is 1. The Morgan fingerprint density at radius 2 is 2.15 bits per heavy atom. The van der Waals surface area contributed by atoms with Crippen LogP contribution in [0.15, 0.2) is 18.2 Å². The Morgan fingerprint density at radius 3 is 2.75 bits per heavy atom. The van der Waals surface area contributed by atoms with Crippen LogP contribution in [-0.4, -0.2) is 45.7 Å². The van der Waals surface area contributed by atoms with Gasteiger partial charge in [-0.05, 0) is 18.2 Å². The Balaban J connectivity index is 2.22. The van der Waals surface area contributed by atoms with E-state index in [0.717, 1.165) is 6.07 Å². The molecule has 1 aliphatic heterocycles. The molecular weight excluding hydrogens is 267 g/mol. The summed E-state index contributed by atoms with van der Waals surface area (Å²) in [5.74, 6) is -2.28. The monoisotopic (exact) mass is 282 g/mol. The van der Waals surface area contributed by atoms with Gasteiger partial charge in [0, 0.05) is 30.6 Å². The zero-order valence-electron chi connectivity index (χ0n) is 10.6. The molecule has 0 radical (unpaired) electrons. The fraction of sp³-hybridized carbons (Fsp3) is 0.385. The minimum Gasteiger partial charge on any atom is -0.480 e. The van der Waals surface area contributed by atoms with Crippen LogP contribution in [-0.2, 0) is 11.3 Å². The lowest BCUT2D eigenvalue weighted by Gasteiger charge is -2.21. The van der Waals surface area contributed by atoms with Gasteiger partial charge < -0.3 is 15.9 Å². The molecule has 1 amide bonds. The van der Waals surface area contributed by atoms with Crippen LogP contribution in [0.4, 0.5) is 4.39 Å². The van der Waals surface area contributed by atoms with Crippen molar-refractivity contribution in [3.63, 3.8) is 0 Å². The number of benzene rings is 1. The molecule has 2 rings (SSSR count). The van der Waals surface area contributed by atoms with Crippen molar-refractivity contribution in [2.45, 2.75) is 25.1 Å². The number of carboxylic acid groups (broad SMARTS) is 1. The minimum atomic E-state index is -1.06. The normalized spacial score (nSPS) is 22.9. The Hall–Kier alpha value is -1.99. The third-order valence-corrected chi connectivity index (χ3v) is 3.37. The van der Waals surface area contributed by atoms with Crippen molar-refractivity contribution in [1.82, 2.24) is 4.90 Å². The molecule has 6 nitrogen and oxygen atoms in total. The molecule has 1 aromatic carbocycles. The number of aliphatic carboxylic acids is 1. The molecule has 7 heteroatoms. The molecule has 1 heterocycles. The van der Waals surface area contributed by atoms with Gasteiger partial charge in [-0.2, -0.15) is 0 Å². The lowest BCUT2D eigenvalue weighted by Crippen LogP contribution is -2.35. The molecule has 4 N–H and O–H groups in total. The number of likely N-dealkylation sites (tertiary alicyclic amines) is 1. The summed E-state index contributed by atoms with van der Waals surface area (Å²) >= 11 is 0. The van der Waals surface area contributed by atoms with E-state index in [1.807, 2.05) is 0 Å². The number of carbonyl (C=O) groups is 2. The summed E-state index contributed by atoms with van der Waals surface area (Å²) in [6, 6.07) is 2.84. The number of hydrogen-bond donors (Lipinski definition) is 3. The summed E-state index contributed by atoms with van der Waals surface area (Å²) in [5.41, 5.74) is 5.47. The van der Waals surface area contributed by atoms with E-state index in [9.17, 15) is 19.1 Å². The minimum absolute atomic E-state index is 0.000972. The zero-order valence-corrected chi connectivity index (χ0v) is 10.6. The average molecular weight is 282 g/mol. The predicted molar refractivity (Wildman–Crippen MR) is 67.4 cm³/mol. The molecule has 0 bridgehead atoms. The van der Waals surface area contributed by atoms with Crippen LogP contribution in [0.2, 0.25) is 0 Å². The van der Waals surface area contributed by atoms with Crippen molar-refractivity contribution in [2.75, 3.05) is 6.54 Å². The van der Waals surface area contributed by atoms with Gasteiger partial charge in [0.2, 0.25) is 5.91 Å². The van der Waals surface area contributed by atoms with Crippen LogP contribution in [0.1, 0.15) is 22.3 Å². The molecule has 1 aliphatic rings. The first-order valence-corrected chi connectivity index (χ1v) is 6.11. The van der Waals surface area contributed by atoms with Crippen LogP contribution in [0.5, 0.6) is 0 Å². The van der Waals surface area contributed by atoms with Gasteiger partial charge >= 0.3 is 5.97 Å². The van der Waals surface area contributed by atoms with Gasteiger partial charge in [0.05, 0.1) is 6.10 Å². The van der Waals surface area contributed by atoms with Crippen LogP contribution in [0.3, 0.4) is 0 Å². The van der Waals surface area contributed by atoms with Gasteiger partial charge in [-0.3, -0.25) is 14.5 Å². The third kappa shape index (κ3) is 2.94. The molecule has 0 spiro atoms. The largest absolute Gasteiger partial charge is 0.480 e. The highest BCUT2D eigenvalue weighted by Gasteiger charge is 2.36. The highest BCUT2D eigenvalue weighted by Crippen LogP contribution is 2.22. The molecule has 108 valence electrons. The molecule has 1 fully saturated rings. The summed E-state index contributed by atoms with van der Waals surface area (Å²) in [6.07, 6.45) is -0.648. The summed E-state index contributed by atoms with van der Waals surface area (Å²) in [5, 5.41) is 18.6. The van der Waals surface area contributed by atoms with Gasteiger partial charge in [-0.25, -0.2) is 4.39 Å². The topological polar surface area (TPSA) is 104 Å². The molecule has 1 aromatic rings. The molecule has 2 atom stereocenters. The lowest BCUT2D eigenvalue weighted by molar-refractivity contribution is -0.142. The second kappa shape index (κ2) is 5.56. The number of rotatable bonds is 4. The Kier molecular flexibility index (Phi) is 4.01. The summed E-state index contributed by atoms with van der Waals surface area (Å²) in [4.78, 5) is 23.6. The highest BCUT2D eigenvalue weighted by molar-refractivity contribution is 5.92. The van der Waals surface area contributed by atoms with Gasteiger partial charge in [0.1, 0.15) is 11.9 Å². The van der Waals surface area contributed by atoms with E-state index < -0.39 is 29.8 Å². The van der Waals surface area contributed by atoms with Gasteiger partial charge in [-0.1, -0.05) is 0 Å². The number of hydrogen-bond acceptors (Lipinski definition) is 4. The summed E-state index contributed by atoms with van der Waals surface area (Å²) in [6.45, 7) is 0.151. The number of nitrogens with two attached hydrogens (primary N) is 1. The SMILES string of the molecule is NC(=O)c1ccc(F)c(CN2CC(O)CC2C(=O)O)c1. The smallest absolute Gasteiger partial charge is 0.321 e. The van der Waals surface area contributed by atoms with Crippen molar-refractivity contribution < 1.29 is 24.2 Å². The maximum absolute atomic E-state index is 13.7. The van der Waals surface area contributed by atoms with Crippen molar-refractivity contribution in [3.8, 4) is 0 Å². The van der Waals surface area contributed by atoms with Gasteiger partial charge in [0.25, 0.3) is 0 Å². The summed E-state index contributed by atoms with van der Waals surface area (Å²) < 4.78 is 13.7. The van der Waals surface area contributed by atoms with Crippen LogP contribution >= 0.6 is 0 Å². The van der Waals surface area contributed by atoms with Crippen molar-refractivity contribution in [1.29, 1.82) is 0 Å². The zero-order chi connectivity index (χ0) is 14.9. The standard InChI is InChI=1S/C13H15FN2O4/c14-10-2-1-7(12(15)18)3-8(10)5-16-6-9(17)4-11(16)13(19)20/h1-3,9,11,17H,4-6H2,(H2,15,18)(H,19,20). The molecular formula is C13H15FN2O4. The number of amides is 1. The first-order valence-electron chi connectivity index (χ1n) is 6.11. The first kappa shape index (κ1) is 14.4. The number of carboxylic acids is 1. The molecule has 0 saturated carbocycles. The van der Waals surface area contributed by atoms with E-state index in [2.05, 4.69) is 0 Å². The highest BCUT2D eigenvalue weighted by atomic mass is 19.1. The fourth-order valence-electron chi connectivity index (χ4n) is 2.38. The van der Waals surface area contributed by atoms with Crippen LogP contribution in [0, 0.1) is 5.82 Å². The van der Waals surface area contributed by atoms with E-state index in [1.165, 1.54) is 17.0 Å². The summed E-state index contributed by atoms with van der Waals surface area (Å²) in [7, 11) is 0. The third-order valence-electron chi connectivity index (χ3n) is 3.37. The number of aliphatic hydroxyl groups excluding tert-OH is 1. The Morgan fingerprint density at radius 1 is 1.45 bits per heavy atom. The van der Waals surface area contributed by atoms with E-state index in [1.54, 1.807) is 0 Å². The first-order chi connectivity index (χ1) is 9.38. The molecule has 1 saturated heterocycles. The average Bonchev–Trinajstić information content (AvgIpc) is 2.73. The van der Waals surface area contributed by atoms with E-state index >= 15 is 0 Å². The van der Waals surface area contributed by atoms with E-state index in [-0.39, 0.29) is 30.6 Å². The van der Waals surface area contributed by atoms with E-state index in [4.69, 9.17) is 10.8 Å². The number of β-amino-alcohol motifs (C(OH)–C–C–N with tert-alkyl or cyclic N) is 1. The number of nitrogens with zero attached hydrogens (tertiary/aromatic N) is 1. The van der Waals surface area contributed by atoms with Crippen molar-refractivity contribution in [3.05, 3.63) is 35.1 Å². The van der Waals surface area contributed by atoms with Crippen LogP contribution < -0.4 is 5.73 Å².